The first-order valence-corrected chi connectivity index (χ1v) is 14.7. The highest BCUT2D eigenvalue weighted by molar-refractivity contribution is 7.30. The summed E-state index contributed by atoms with van der Waals surface area (Å²) in [4.78, 5) is 30.0. The number of azo groups is 2. The molecule has 0 N–H and O–H groups in total. The molecule has 2 aromatic heterocycles. The van der Waals surface area contributed by atoms with Crippen LogP contribution < -0.4 is 9.64 Å². The fourth-order valence-corrected chi connectivity index (χ4v) is 5.31. The fraction of sp³-hybridized carbons (Fsp3) is 0.321. The number of aromatic nitrogens is 1. The third-order valence-electron chi connectivity index (χ3n) is 5.66. The summed E-state index contributed by atoms with van der Waals surface area (Å²) in [5.74, 6) is 0.0647. The third-order valence-corrected chi connectivity index (χ3v) is 7.59. The molecular formula is C28H30N6O5S2. The maximum Gasteiger partial charge on any atom is 0.308 e. The normalized spacial score (nSPS) is 11.4. The van der Waals surface area contributed by atoms with E-state index in [0.717, 1.165) is 26.8 Å². The molecular weight excluding hydrogens is 564 g/mol. The van der Waals surface area contributed by atoms with Crippen LogP contribution in [0.15, 0.2) is 75.1 Å². The van der Waals surface area contributed by atoms with Crippen molar-refractivity contribution in [2.24, 2.45) is 20.5 Å². The van der Waals surface area contributed by atoms with Gasteiger partial charge in [0.05, 0.1) is 22.6 Å². The van der Waals surface area contributed by atoms with E-state index in [1.54, 1.807) is 38.1 Å². The minimum Gasteiger partial charge on any atom is -0.464 e. The fourth-order valence-electron chi connectivity index (χ4n) is 3.46. The summed E-state index contributed by atoms with van der Waals surface area (Å²) in [7, 11) is 0. The minimum absolute atomic E-state index is 0.127. The molecule has 4 rings (SSSR count). The van der Waals surface area contributed by atoms with Crippen LogP contribution in [0.4, 0.5) is 27.2 Å². The lowest BCUT2D eigenvalue weighted by molar-refractivity contribution is -0.149. The average Bonchev–Trinajstić information content (AvgIpc) is 3.56. The van der Waals surface area contributed by atoms with Gasteiger partial charge in [-0.1, -0.05) is 36.5 Å². The number of benzene rings is 2. The number of thiophene rings is 1. The van der Waals surface area contributed by atoms with Gasteiger partial charge in [0.15, 0.2) is 0 Å². The van der Waals surface area contributed by atoms with Crippen LogP contribution in [0.25, 0.3) is 9.53 Å². The van der Waals surface area contributed by atoms with Crippen molar-refractivity contribution in [2.45, 2.75) is 33.6 Å². The first-order valence-electron chi connectivity index (χ1n) is 13.1. The van der Waals surface area contributed by atoms with E-state index >= 15 is 0 Å². The number of carbonyl (C=O) groups excluding carboxylic acids is 2. The van der Waals surface area contributed by atoms with Crippen LogP contribution in [0.2, 0.25) is 0 Å². The van der Waals surface area contributed by atoms with Gasteiger partial charge in [-0.2, -0.15) is 0 Å². The minimum atomic E-state index is -0.314. The SMILES string of the molecule is CCC(=O)OCCN(CC)c1ccc(N=Nc2nc3sc(N=Nc4ccc(OCOC(=O)CC)cc4)cc3s2)cc1. The predicted octanol–water partition coefficient (Wildman–Crippen LogP) is 8.26. The van der Waals surface area contributed by atoms with Crippen molar-refractivity contribution in [3.05, 3.63) is 54.6 Å². The van der Waals surface area contributed by atoms with Crippen LogP contribution in [0.3, 0.4) is 0 Å². The summed E-state index contributed by atoms with van der Waals surface area (Å²) in [6.45, 7) is 7.21. The Morgan fingerprint density at radius 2 is 1.49 bits per heavy atom. The maximum absolute atomic E-state index is 11.4. The third kappa shape index (κ3) is 8.88. The lowest BCUT2D eigenvalue weighted by Crippen LogP contribution is -2.27. The molecule has 0 saturated heterocycles. The highest BCUT2D eigenvalue weighted by Gasteiger charge is 2.09. The molecule has 4 aromatic rings. The van der Waals surface area contributed by atoms with Crippen LogP contribution in [0, 0.1) is 0 Å². The van der Waals surface area contributed by atoms with E-state index in [0.29, 0.717) is 48.2 Å². The number of likely N-dealkylation sites (N-methyl/N-ethyl adjacent to an activating group) is 1. The second-order valence-corrected chi connectivity index (χ2v) is 10.5. The number of nitrogens with zero attached hydrogens (tertiary/aromatic N) is 6. The van der Waals surface area contributed by atoms with Gasteiger partial charge in [0.1, 0.15) is 22.2 Å². The molecule has 0 unspecified atom stereocenters. The molecule has 0 aliphatic rings. The molecule has 41 heavy (non-hydrogen) atoms. The molecule has 0 radical (unpaired) electrons. The smallest absolute Gasteiger partial charge is 0.308 e. The number of ether oxygens (including phenoxy) is 3. The molecule has 0 bridgehead atoms. The lowest BCUT2D eigenvalue weighted by atomic mass is 10.2. The second-order valence-electron chi connectivity index (χ2n) is 8.45. The van der Waals surface area contributed by atoms with Crippen molar-refractivity contribution in [3.8, 4) is 5.75 Å². The summed E-state index contributed by atoms with van der Waals surface area (Å²) in [6.07, 6.45) is 0.684. The zero-order chi connectivity index (χ0) is 29.0. The largest absolute Gasteiger partial charge is 0.464 e. The molecule has 11 nitrogen and oxygen atoms in total. The van der Waals surface area contributed by atoms with E-state index in [4.69, 9.17) is 14.2 Å². The van der Waals surface area contributed by atoms with Crippen molar-refractivity contribution in [3.63, 3.8) is 0 Å². The Balaban J connectivity index is 1.30. The molecule has 0 amide bonds. The molecule has 0 spiro atoms. The molecule has 214 valence electrons. The second kappa shape index (κ2) is 15.0. The highest BCUT2D eigenvalue weighted by atomic mass is 32.1. The van der Waals surface area contributed by atoms with Crippen molar-refractivity contribution in [1.82, 2.24) is 4.98 Å². The average molecular weight is 595 g/mol. The molecule has 2 aromatic carbocycles. The Labute approximate surface area is 245 Å². The van der Waals surface area contributed by atoms with Crippen LogP contribution in [-0.4, -0.2) is 43.4 Å². The van der Waals surface area contributed by atoms with Crippen LogP contribution >= 0.6 is 22.7 Å². The summed E-state index contributed by atoms with van der Waals surface area (Å²) in [5, 5.41) is 18.5. The van der Waals surface area contributed by atoms with Crippen molar-refractivity contribution >= 4 is 71.3 Å². The van der Waals surface area contributed by atoms with Gasteiger partial charge >= 0.3 is 11.9 Å². The Kier molecular flexibility index (Phi) is 10.9. The summed E-state index contributed by atoms with van der Waals surface area (Å²) in [6, 6.07) is 16.7. The first kappa shape index (κ1) is 29.7. The standard InChI is InChI=1S/C28H30N6O5S2/c1-4-25(35)37-16-15-34(6-3)21-11-7-19(8-12-21)31-33-28-29-27-23(40-28)17-24(41-27)32-30-20-9-13-22(14-10-20)38-18-39-26(36)5-2/h7-14,17H,4-6,15-16,18H2,1-3H3. The number of hydrogen-bond donors (Lipinski definition) is 0. The number of anilines is 1. The summed E-state index contributed by atoms with van der Waals surface area (Å²) in [5.41, 5.74) is 2.40. The molecule has 0 atom stereocenters. The Morgan fingerprint density at radius 1 is 0.829 bits per heavy atom. The molecule has 0 fully saturated rings. The van der Waals surface area contributed by atoms with Crippen LogP contribution in [0.1, 0.15) is 33.6 Å². The zero-order valence-electron chi connectivity index (χ0n) is 23.0. The number of rotatable bonds is 14. The maximum atomic E-state index is 11.4. The van der Waals surface area contributed by atoms with Crippen LogP contribution in [0.5, 0.6) is 5.75 Å². The van der Waals surface area contributed by atoms with E-state index in [2.05, 4.69) is 37.3 Å². The van der Waals surface area contributed by atoms with Gasteiger partial charge in [-0.25, -0.2) is 4.98 Å². The molecule has 0 aliphatic carbocycles. The first-order chi connectivity index (χ1) is 20.0. The lowest BCUT2D eigenvalue weighted by Gasteiger charge is -2.22. The number of thiazole rings is 1. The van der Waals surface area contributed by atoms with Gasteiger partial charge in [-0.3, -0.25) is 9.59 Å². The quantitative estimate of drug-likeness (QED) is 0.0816. The summed E-state index contributed by atoms with van der Waals surface area (Å²) >= 11 is 2.85. The topological polar surface area (TPSA) is 127 Å². The van der Waals surface area contributed by atoms with Crippen molar-refractivity contribution in [2.75, 3.05) is 31.4 Å². The van der Waals surface area contributed by atoms with Gasteiger partial charge in [-0.05, 0) is 61.5 Å². The number of esters is 2. The molecule has 2 heterocycles. The van der Waals surface area contributed by atoms with Gasteiger partial charge in [-0.15, -0.1) is 20.5 Å². The van der Waals surface area contributed by atoms with E-state index in [1.165, 1.54) is 22.7 Å². The van der Waals surface area contributed by atoms with Crippen molar-refractivity contribution in [1.29, 1.82) is 0 Å². The van der Waals surface area contributed by atoms with Gasteiger partial charge < -0.3 is 19.1 Å². The monoisotopic (exact) mass is 594 g/mol. The van der Waals surface area contributed by atoms with E-state index < -0.39 is 0 Å². The Bertz CT molecular complexity index is 1470. The predicted molar refractivity (Wildman–Crippen MR) is 160 cm³/mol. The number of carbonyl (C=O) groups is 2. The number of fused-ring (bicyclic) bond motifs is 1. The molecule has 13 heteroatoms. The Morgan fingerprint density at radius 3 is 2.15 bits per heavy atom. The van der Waals surface area contributed by atoms with Gasteiger partial charge in [0, 0.05) is 25.1 Å². The molecule has 0 saturated carbocycles. The van der Waals surface area contributed by atoms with E-state index in [1.807, 2.05) is 30.3 Å². The number of hydrogen-bond acceptors (Lipinski definition) is 13. The zero-order valence-corrected chi connectivity index (χ0v) is 24.6. The van der Waals surface area contributed by atoms with E-state index in [9.17, 15) is 9.59 Å². The van der Waals surface area contributed by atoms with Crippen LogP contribution in [-0.2, 0) is 19.1 Å². The van der Waals surface area contributed by atoms with Gasteiger partial charge in [0.2, 0.25) is 11.9 Å². The van der Waals surface area contributed by atoms with E-state index in [-0.39, 0.29) is 18.7 Å². The Hall–Kier alpha value is -4.23. The molecule has 0 aliphatic heterocycles. The van der Waals surface area contributed by atoms with Crippen molar-refractivity contribution < 1.29 is 23.8 Å². The highest BCUT2D eigenvalue weighted by Crippen LogP contribution is 2.39. The summed E-state index contributed by atoms with van der Waals surface area (Å²) < 4.78 is 16.4. The van der Waals surface area contributed by atoms with Gasteiger partial charge in [0.25, 0.3) is 0 Å².